The van der Waals surface area contributed by atoms with E-state index in [1.54, 1.807) is 0 Å². The number of pyridine rings is 1. The van der Waals surface area contributed by atoms with Crippen molar-refractivity contribution in [3.05, 3.63) is 64.4 Å². The number of aryl methyl sites for hydroxylation is 1. The van der Waals surface area contributed by atoms with Gasteiger partial charge in [0.05, 0.1) is 11.7 Å². The Labute approximate surface area is 165 Å². The molecule has 0 bridgehead atoms. The highest BCUT2D eigenvalue weighted by Crippen LogP contribution is 2.55. The molecule has 2 aromatic rings. The molecule has 27 heavy (non-hydrogen) atoms. The predicted molar refractivity (Wildman–Crippen MR) is 105 cm³/mol. The Morgan fingerprint density at radius 2 is 2.11 bits per heavy atom. The molecule has 3 aliphatic heterocycles. The second-order valence-corrected chi connectivity index (χ2v) is 8.63. The molecule has 4 heterocycles. The molecular formula is C22H24ClN3O. The smallest absolute Gasteiger partial charge is 0.243 e. The van der Waals surface area contributed by atoms with E-state index >= 15 is 0 Å². The third-order valence-corrected chi connectivity index (χ3v) is 6.88. The molecule has 0 saturated carbocycles. The quantitative estimate of drug-likeness (QED) is 0.806. The largest absolute Gasteiger partial charge is 0.336 e. The van der Waals surface area contributed by atoms with Gasteiger partial charge in [-0.2, -0.15) is 0 Å². The lowest BCUT2D eigenvalue weighted by Crippen LogP contribution is -2.49. The van der Waals surface area contributed by atoms with E-state index in [0.717, 1.165) is 54.3 Å². The maximum absolute atomic E-state index is 13.6. The van der Waals surface area contributed by atoms with Crippen molar-refractivity contribution in [2.45, 2.75) is 44.3 Å². The van der Waals surface area contributed by atoms with Gasteiger partial charge in [0, 0.05) is 29.7 Å². The van der Waals surface area contributed by atoms with E-state index in [0.29, 0.717) is 18.4 Å². The molecule has 3 saturated heterocycles. The number of nitrogens with zero attached hydrogens (tertiary/aromatic N) is 3. The maximum atomic E-state index is 13.6. The van der Waals surface area contributed by atoms with E-state index in [4.69, 9.17) is 16.6 Å². The van der Waals surface area contributed by atoms with Gasteiger partial charge in [-0.15, -0.1) is 0 Å². The second kappa shape index (κ2) is 6.32. The van der Waals surface area contributed by atoms with Crippen molar-refractivity contribution in [2.75, 3.05) is 13.1 Å². The molecular weight excluding hydrogens is 358 g/mol. The average molecular weight is 382 g/mol. The Kier molecular flexibility index (Phi) is 4.03. The standard InChI is InChI=1S/C22H24ClN3O/c1-15-5-2-8-19(24-15)20-12-17-14-25(13-16-6-3-7-18(23)11-16)21(27)22(17)9-4-10-26(20)22/h2-3,5-8,11,17,20H,4,9-10,12-14H2,1H3/t17-,20-,22-/m0/s1. The number of halogens is 1. The highest BCUT2D eigenvalue weighted by molar-refractivity contribution is 6.30. The van der Waals surface area contributed by atoms with Crippen LogP contribution in [-0.2, 0) is 11.3 Å². The van der Waals surface area contributed by atoms with Gasteiger partial charge in [-0.3, -0.25) is 14.7 Å². The van der Waals surface area contributed by atoms with Crippen LogP contribution in [0.25, 0.3) is 0 Å². The lowest BCUT2D eigenvalue weighted by atomic mass is 9.85. The monoisotopic (exact) mass is 381 g/mol. The molecule has 5 rings (SSSR count). The topological polar surface area (TPSA) is 36.4 Å². The summed E-state index contributed by atoms with van der Waals surface area (Å²) in [6, 6.07) is 14.4. The molecule has 0 N–H and O–H groups in total. The Morgan fingerprint density at radius 1 is 1.26 bits per heavy atom. The zero-order chi connectivity index (χ0) is 18.6. The van der Waals surface area contributed by atoms with E-state index in [1.165, 1.54) is 0 Å². The van der Waals surface area contributed by atoms with Crippen LogP contribution in [0.2, 0.25) is 5.02 Å². The van der Waals surface area contributed by atoms with Gasteiger partial charge < -0.3 is 4.90 Å². The highest BCUT2D eigenvalue weighted by atomic mass is 35.5. The number of carbonyl (C=O) groups excluding carboxylic acids is 1. The molecule has 1 amide bonds. The Bertz CT molecular complexity index is 901. The number of benzene rings is 1. The van der Waals surface area contributed by atoms with Crippen LogP contribution >= 0.6 is 11.6 Å². The van der Waals surface area contributed by atoms with Crippen molar-refractivity contribution in [3.8, 4) is 0 Å². The lowest BCUT2D eigenvalue weighted by molar-refractivity contribution is -0.137. The number of rotatable bonds is 3. The number of hydrogen-bond donors (Lipinski definition) is 0. The maximum Gasteiger partial charge on any atom is 0.243 e. The molecule has 0 radical (unpaired) electrons. The molecule has 4 nitrogen and oxygen atoms in total. The van der Waals surface area contributed by atoms with Crippen LogP contribution in [0.1, 0.15) is 42.3 Å². The first kappa shape index (κ1) is 17.2. The van der Waals surface area contributed by atoms with Crippen LogP contribution in [-0.4, -0.2) is 39.3 Å². The molecule has 5 heteroatoms. The summed E-state index contributed by atoms with van der Waals surface area (Å²) in [5, 5.41) is 0.727. The summed E-state index contributed by atoms with van der Waals surface area (Å²) in [5.41, 5.74) is 2.97. The van der Waals surface area contributed by atoms with Gasteiger partial charge in [-0.25, -0.2) is 0 Å². The fraction of sp³-hybridized carbons (Fsp3) is 0.455. The first-order chi connectivity index (χ1) is 13.1. The van der Waals surface area contributed by atoms with E-state index in [2.05, 4.69) is 28.0 Å². The van der Waals surface area contributed by atoms with Crippen LogP contribution in [0.15, 0.2) is 42.5 Å². The fourth-order valence-corrected chi connectivity index (χ4v) is 5.81. The van der Waals surface area contributed by atoms with Crippen LogP contribution in [0, 0.1) is 12.8 Å². The first-order valence-corrected chi connectivity index (χ1v) is 10.2. The second-order valence-electron chi connectivity index (χ2n) is 8.19. The molecule has 0 aliphatic carbocycles. The van der Waals surface area contributed by atoms with Crippen LogP contribution in [0.3, 0.4) is 0 Å². The van der Waals surface area contributed by atoms with Crippen molar-refractivity contribution in [2.24, 2.45) is 5.92 Å². The van der Waals surface area contributed by atoms with E-state index in [1.807, 2.05) is 31.2 Å². The minimum atomic E-state index is -0.311. The summed E-state index contributed by atoms with van der Waals surface area (Å²) in [5.74, 6) is 0.694. The Hall–Kier alpha value is -1.91. The summed E-state index contributed by atoms with van der Waals surface area (Å²) in [7, 11) is 0. The van der Waals surface area contributed by atoms with Crippen molar-refractivity contribution in [1.82, 2.24) is 14.8 Å². The zero-order valence-corrected chi connectivity index (χ0v) is 16.3. The van der Waals surface area contributed by atoms with Gasteiger partial charge in [-0.1, -0.05) is 29.8 Å². The number of likely N-dealkylation sites (tertiary alicyclic amines) is 1. The van der Waals surface area contributed by atoms with E-state index in [-0.39, 0.29) is 11.6 Å². The molecule has 1 aromatic heterocycles. The van der Waals surface area contributed by atoms with Crippen molar-refractivity contribution >= 4 is 17.5 Å². The summed E-state index contributed by atoms with van der Waals surface area (Å²) >= 11 is 6.13. The molecule has 140 valence electrons. The first-order valence-electron chi connectivity index (χ1n) is 9.82. The highest BCUT2D eigenvalue weighted by Gasteiger charge is 2.65. The number of carbonyl (C=O) groups is 1. The molecule has 3 aliphatic rings. The molecule has 1 aromatic carbocycles. The summed E-state index contributed by atoms with van der Waals surface area (Å²) in [4.78, 5) is 22.9. The Balaban J connectivity index is 1.43. The lowest BCUT2D eigenvalue weighted by Gasteiger charge is -2.33. The predicted octanol–water partition coefficient (Wildman–Crippen LogP) is 3.98. The van der Waals surface area contributed by atoms with Crippen molar-refractivity contribution in [1.29, 1.82) is 0 Å². The van der Waals surface area contributed by atoms with Gasteiger partial charge in [0.15, 0.2) is 0 Å². The van der Waals surface area contributed by atoms with Crippen molar-refractivity contribution < 1.29 is 4.79 Å². The normalized spacial score (nSPS) is 30.0. The third-order valence-electron chi connectivity index (χ3n) is 6.64. The zero-order valence-electron chi connectivity index (χ0n) is 15.6. The minimum Gasteiger partial charge on any atom is -0.336 e. The SMILES string of the molecule is Cc1cccc([C@@H]2C[C@H]3CN(Cc4cccc(Cl)c4)C(=O)[C@]34CCCN24)n1. The van der Waals surface area contributed by atoms with E-state index < -0.39 is 0 Å². The van der Waals surface area contributed by atoms with Gasteiger partial charge in [0.1, 0.15) is 5.54 Å². The Morgan fingerprint density at radius 3 is 2.93 bits per heavy atom. The summed E-state index contributed by atoms with van der Waals surface area (Å²) < 4.78 is 0. The van der Waals surface area contributed by atoms with Crippen LogP contribution in [0.5, 0.6) is 0 Å². The number of amides is 1. The summed E-state index contributed by atoms with van der Waals surface area (Å²) in [6.07, 6.45) is 3.09. The minimum absolute atomic E-state index is 0.273. The van der Waals surface area contributed by atoms with Crippen LogP contribution in [0.4, 0.5) is 0 Å². The fourth-order valence-electron chi connectivity index (χ4n) is 5.60. The number of hydrogen-bond acceptors (Lipinski definition) is 3. The van der Waals surface area contributed by atoms with Crippen LogP contribution < -0.4 is 0 Å². The van der Waals surface area contributed by atoms with Crippen molar-refractivity contribution in [3.63, 3.8) is 0 Å². The van der Waals surface area contributed by atoms with Gasteiger partial charge in [0.2, 0.25) is 5.91 Å². The van der Waals surface area contributed by atoms with Gasteiger partial charge in [-0.05, 0) is 62.6 Å². The molecule has 0 unspecified atom stereocenters. The third kappa shape index (κ3) is 2.61. The molecule has 3 fully saturated rings. The molecule has 3 atom stereocenters. The molecule has 1 spiro atoms. The van der Waals surface area contributed by atoms with Gasteiger partial charge in [0.25, 0.3) is 0 Å². The average Bonchev–Trinajstić information content (AvgIpc) is 3.26. The van der Waals surface area contributed by atoms with Gasteiger partial charge >= 0.3 is 0 Å². The van der Waals surface area contributed by atoms with E-state index in [9.17, 15) is 4.79 Å². The number of aromatic nitrogens is 1. The summed E-state index contributed by atoms with van der Waals surface area (Å²) in [6.45, 7) is 4.52.